The molecule has 0 saturated carbocycles. The van der Waals surface area contributed by atoms with E-state index in [2.05, 4.69) is 11.4 Å². The summed E-state index contributed by atoms with van der Waals surface area (Å²) in [6.07, 6.45) is 0. The third-order valence-electron chi connectivity index (χ3n) is 3.28. The normalized spacial score (nSPS) is 11.3. The topological polar surface area (TPSA) is 88.2 Å². The summed E-state index contributed by atoms with van der Waals surface area (Å²) in [4.78, 5) is 10.4. The predicted molar refractivity (Wildman–Crippen MR) is 82.8 cm³/mol. The molecule has 1 N–H and O–H groups in total. The van der Waals surface area contributed by atoms with Gasteiger partial charge in [-0.1, -0.05) is 12.1 Å². The lowest BCUT2D eigenvalue weighted by Gasteiger charge is -2.16. The van der Waals surface area contributed by atoms with Gasteiger partial charge in [-0.2, -0.15) is 5.26 Å². The van der Waals surface area contributed by atoms with Crippen LogP contribution in [0, 0.1) is 21.4 Å². The number of ether oxygens (including phenoxy) is 1. The van der Waals surface area contributed by atoms with Gasteiger partial charge < -0.3 is 10.1 Å². The second kappa shape index (κ2) is 6.59. The maximum absolute atomic E-state index is 10.9. The highest BCUT2D eigenvalue weighted by molar-refractivity contribution is 5.58. The largest absolute Gasteiger partial charge is 0.490 e. The molecule has 6 nitrogen and oxygen atoms in total. The molecule has 0 heterocycles. The van der Waals surface area contributed by atoms with Crippen molar-refractivity contribution in [2.45, 2.75) is 13.0 Å². The molecule has 0 bridgehead atoms. The number of rotatable bonds is 5. The van der Waals surface area contributed by atoms with Crippen LogP contribution in [-0.2, 0) is 0 Å². The van der Waals surface area contributed by atoms with Crippen molar-refractivity contribution in [3.05, 3.63) is 63.7 Å². The number of hydrogen-bond donors (Lipinski definition) is 1. The molecule has 0 amide bonds. The Morgan fingerprint density at radius 2 is 2.09 bits per heavy atom. The van der Waals surface area contributed by atoms with E-state index in [0.29, 0.717) is 11.3 Å². The Balaban J connectivity index is 2.23. The fourth-order valence-electron chi connectivity index (χ4n) is 2.13. The number of methoxy groups -OCH3 is 1. The number of nitrogens with one attached hydrogen (secondary N) is 1. The molecule has 22 heavy (non-hydrogen) atoms. The number of hydrogen-bond acceptors (Lipinski definition) is 5. The Kier molecular flexibility index (Phi) is 4.59. The number of nitriles is 1. The molecule has 1 unspecified atom stereocenters. The van der Waals surface area contributed by atoms with Crippen molar-refractivity contribution < 1.29 is 9.66 Å². The van der Waals surface area contributed by atoms with E-state index >= 15 is 0 Å². The monoisotopic (exact) mass is 297 g/mol. The maximum atomic E-state index is 10.9. The molecule has 0 aliphatic rings. The molecule has 0 saturated heterocycles. The fourth-order valence-corrected chi connectivity index (χ4v) is 2.13. The lowest BCUT2D eigenvalue weighted by Crippen LogP contribution is -2.07. The number of anilines is 1. The summed E-state index contributed by atoms with van der Waals surface area (Å²) in [5.74, 6) is 0.202. The molecule has 112 valence electrons. The molecule has 2 rings (SSSR count). The molecule has 0 radical (unpaired) electrons. The number of nitro groups is 1. The van der Waals surface area contributed by atoms with Crippen molar-refractivity contribution in [3.8, 4) is 11.8 Å². The molecular formula is C16H15N3O3. The summed E-state index contributed by atoms with van der Waals surface area (Å²) < 4.78 is 5.05. The van der Waals surface area contributed by atoms with Gasteiger partial charge in [0.15, 0.2) is 5.75 Å². The smallest absolute Gasteiger partial charge is 0.311 e. The van der Waals surface area contributed by atoms with E-state index < -0.39 is 4.92 Å². The van der Waals surface area contributed by atoms with Crippen molar-refractivity contribution >= 4 is 11.4 Å². The van der Waals surface area contributed by atoms with Crippen molar-refractivity contribution in [3.63, 3.8) is 0 Å². The van der Waals surface area contributed by atoms with E-state index in [1.54, 1.807) is 24.3 Å². The van der Waals surface area contributed by atoms with Crippen LogP contribution in [0.4, 0.5) is 11.4 Å². The highest BCUT2D eigenvalue weighted by Crippen LogP contribution is 2.31. The van der Waals surface area contributed by atoms with E-state index in [1.165, 1.54) is 13.2 Å². The van der Waals surface area contributed by atoms with Crippen LogP contribution in [0.5, 0.6) is 5.75 Å². The SMILES string of the molecule is COc1cc(NC(C)c2cccc(C#N)c2)ccc1[N+](=O)[O-]. The zero-order valence-electron chi connectivity index (χ0n) is 12.2. The second-order valence-electron chi connectivity index (χ2n) is 4.75. The molecule has 0 aromatic heterocycles. The summed E-state index contributed by atoms with van der Waals surface area (Å²) in [5, 5.41) is 23.1. The quantitative estimate of drug-likeness (QED) is 0.672. The van der Waals surface area contributed by atoms with Gasteiger partial charge in [-0.3, -0.25) is 10.1 Å². The van der Waals surface area contributed by atoms with Crippen molar-refractivity contribution in [2.75, 3.05) is 12.4 Å². The lowest BCUT2D eigenvalue weighted by molar-refractivity contribution is -0.385. The van der Waals surface area contributed by atoms with Crippen LogP contribution in [0.1, 0.15) is 24.1 Å². The summed E-state index contributed by atoms with van der Waals surface area (Å²) in [6, 6.07) is 14.0. The Bertz CT molecular complexity index is 738. The van der Waals surface area contributed by atoms with Gasteiger partial charge in [0.2, 0.25) is 0 Å². The third kappa shape index (κ3) is 3.33. The van der Waals surface area contributed by atoms with E-state index in [4.69, 9.17) is 10.00 Å². The first kappa shape index (κ1) is 15.3. The van der Waals surface area contributed by atoms with Gasteiger partial charge >= 0.3 is 5.69 Å². The molecular weight excluding hydrogens is 282 g/mol. The Hall–Kier alpha value is -3.07. The molecule has 6 heteroatoms. The third-order valence-corrected chi connectivity index (χ3v) is 3.28. The Labute approximate surface area is 128 Å². The molecule has 0 spiro atoms. The maximum Gasteiger partial charge on any atom is 0.311 e. The predicted octanol–water partition coefficient (Wildman–Crippen LogP) is 3.65. The first-order valence-electron chi connectivity index (χ1n) is 6.64. The molecule has 0 fully saturated rings. The summed E-state index contributed by atoms with van der Waals surface area (Å²) >= 11 is 0. The zero-order valence-corrected chi connectivity index (χ0v) is 12.2. The lowest BCUT2D eigenvalue weighted by atomic mass is 10.1. The molecule has 0 aliphatic heterocycles. The van der Waals surface area contributed by atoms with Crippen molar-refractivity contribution in [2.24, 2.45) is 0 Å². The van der Waals surface area contributed by atoms with Gasteiger partial charge in [0.05, 0.1) is 23.7 Å². The van der Waals surface area contributed by atoms with Crippen LogP contribution in [-0.4, -0.2) is 12.0 Å². The van der Waals surface area contributed by atoms with Crippen LogP contribution in [0.3, 0.4) is 0 Å². The minimum Gasteiger partial charge on any atom is -0.490 e. The minimum absolute atomic E-state index is 0.0561. The highest BCUT2D eigenvalue weighted by atomic mass is 16.6. The van der Waals surface area contributed by atoms with Crippen LogP contribution in [0.15, 0.2) is 42.5 Å². The van der Waals surface area contributed by atoms with Gasteiger partial charge in [0.1, 0.15) is 0 Å². The standard InChI is InChI=1S/C16H15N3O3/c1-11(13-5-3-4-12(8-13)10-17)18-14-6-7-15(19(20)21)16(9-14)22-2/h3-9,11,18H,1-2H3. The second-order valence-corrected chi connectivity index (χ2v) is 4.75. The highest BCUT2D eigenvalue weighted by Gasteiger charge is 2.15. The minimum atomic E-state index is -0.484. The van der Waals surface area contributed by atoms with Crippen LogP contribution < -0.4 is 10.1 Å². The summed E-state index contributed by atoms with van der Waals surface area (Å²) in [6.45, 7) is 1.95. The van der Waals surface area contributed by atoms with Crippen molar-refractivity contribution in [1.82, 2.24) is 0 Å². The number of benzene rings is 2. The van der Waals surface area contributed by atoms with Gasteiger partial charge in [0, 0.05) is 23.9 Å². The molecule has 0 aliphatic carbocycles. The average Bonchev–Trinajstić information content (AvgIpc) is 2.54. The fraction of sp³-hybridized carbons (Fsp3) is 0.188. The molecule has 1 atom stereocenters. The van der Waals surface area contributed by atoms with E-state index in [9.17, 15) is 10.1 Å². The van der Waals surface area contributed by atoms with Gasteiger partial charge in [-0.05, 0) is 30.7 Å². The summed E-state index contributed by atoms with van der Waals surface area (Å²) in [5.41, 5.74) is 2.17. The first-order valence-corrected chi connectivity index (χ1v) is 6.64. The number of nitrogens with zero attached hydrogens (tertiary/aromatic N) is 2. The molecule has 2 aromatic rings. The Morgan fingerprint density at radius 1 is 1.32 bits per heavy atom. The zero-order chi connectivity index (χ0) is 16.1. The summed E-state index contributed by atoms with van der Waals surface area (Å²) in [7, 11) is 1.39. The number of nitro benzene ring substituents is 1. The van der Waals surface area contributed by atoms with Gasteiger partial charge in [-0.15, -0.1) is 0 Å². The van der Waals surface area contributed by atoms with Crippen LogP contribution >= 0.6 is 0 Å². The van der Waals surface area contributed by atoms with Crippen LogP contribution in [0.2, 0.25) is 0 Å². The van der Waals surface area contributed by atoms with Gasteiger partial charge in [0.25, 0.3) is 0 Å². The van der Waals surface area contributed by atoms with Crippen molar-refractivity contribution in [1.29, 1.82) is 5.26 Å². The van der Waals surface area contributed by atoms with Crippen LogP contribution in [0.25, 0.3) is 0 Å². The van der Waals surface area contributed by atoms with E-state index in [1.807, 2.05) is 19.1 Å². The molecule has 2 aromatic carbocycles. The van der Waals surface area contributed by atoms with E-state index in [0.717, 1.165) is 5.56 Å². The average molecular weight is 297 g/mol. The Morgan fingerprint density at radius 3 is 2.73 bits per heavy atom. The van der Waals surface area contributed by atoms with E-state index in [-0.39, 0.29) is 17.5 Å². The van der Waals surface area contributed by atoms with Gasteiger partial charge in [-0.25, -0.2) is 0 Å². The first-order chi connectivity index (χ1) is 10.5.